The number of hydrogen-bond acceptors (Lipinski definition) is 5. The fraction of sp³-hybridized carbons (Fsp3) is 0.296. The number of aliphatic hydroxyl groups is 1. The molecule has 0 saturated carbocycles. The van der Waals surface area contributed by atoms with Gasteiger partial charge in [0.05, 0.1) is 6.10 Å². The van der Waals surface area contributed by atoms with Gasteiger partial charge in [0.2, 0.25) is 0 Å². The summed E-state index contributed by atoms with van der Waals surface area (Å²) in [7, 11) is 3.89. The SMILES string of the molecule is CN(C)CCOc1cc(-c2ccc(CCNC[C@@H](O)c3ccccc3)cc2)ccc1C(=O)O. The summed E-state index contributed by atoms with van der Waals surface area (Å²) in [5, 5.41) is 23.0. The quantitative estimate of drug-likeness (QED) is 0.365. The Morgan fingerprint density at radius 3 is 2.36 bits per heavy atom. The predicted molar refractivity (Wildman–Crippen MR) is 131 cm³/mol. The first kappa shape index (κ1) is 24.5. The third-order valence-electron chi connectivity index (χ3n) is 5.41. The number of rotatable bonds is 12. The third kappa shape index (κ3) is 7.43. The second kappa shape index (κ2) is 12.2. The maximum absolute atomic E-state index is 11.5. The lowest BCUT2D eigenvalue weighted by molar-refractivity contribution is 0.0692. The van der Waals surface area contributed by atoms with Crippen molar-refractivity contribution in [1.82, 2.24) is 10.2 Å². The zero-order valence-corrected chi connectivity index (χ0v) is 19.2. The Hall–Kier alpha value is -3.19. The number of nitrogens with zero attached hydrogens (tertiary/aromatic N) is 1. The minimum atomic E-state index is -0.998. The topological polar surface area (TPSA) is 82.0 Å². The lowest BCUT2D eigenvalue weighted by Crippen LogP contribution is -2.23. The molecule has 6 heteroatoms. The van der Waals surface area contributed by atoms with Crippen LogP contribution in [0.4, 0.5) is 0 Å². The molecule has 0 amide bonds. The van der Waals surface area contributed by atoms with E-state index in [-0.39, 0.29) is 5.56 Å². The molecule has 0 saturated heterocycles. The van der Waals surface area contributed by atoms with Crippen molar-refractivity contribution in [2.45, 2.75) is 12.5 Å². The lowest BCUT2D eigenvalue weighted by atomic mass is 10.0. The van der Waals surface area contributed by atoms with Crippen molar-refractivity contribution in [3.05, 3.63) is 89.5 Å². The molecule has 0 aliphatic carbocycles. The van der Waals surface area contributed by atoms with Gasteiger partial charge in [0.1, 0.15) is 17.9 Å². The van der Waals surface area contributed by atoms with E-state index in [9.17, 15) is 15.0 Å². The summed E-state index contributed by atoms with van der Waals surface area (Å²) in [6.45, 7) is 2.39. The number of carbonyl (C=O) groups is 1. The molecule has 0 unspecified atom stereocenters. The largest absolute Gasteiger partial charge is 0.491 e. The van der Waals surface area contributed by atoms with Gasteiger partial charge in [-0.3, -0.25) is 0 Å². The highest BCUT2D eigenvalue weighted by Crippen LogP contribution is 2.28. The van der Waals surface area contributed by atoms with Crippen LogP contribution < -0.4 is 10.1 Å². The average Bonchev–Trinajstić information content (AvgIpc) is 2.82. The molecular formula is C27H32N2O4. The van der Waals surface area contributed by atoms with Crippen LogP contribution in [0.15, 0.2) is 72.8 Å². The molecule has 0 heterocycles. The molecule has 3 aromatic carbocycles. The number of ether oxygens (including phenoxy) is 1. The standard InChI is InChI=1S/C27H32N2O4/c1-29(2)16-17-33-26-18-23(12-13-24(26)27(31)32)21-10-8-20(9-11-21)14-15-28-19-25(30)22-6-4-3-5-7-22/h3-13,18,25,28,30H,14-17,19H2,1-2H3,(H,31,32)/t25-/m1/s1. The van der Waals surface area contributed by atoms with Crippen molar-refractivity contribution < 1.29 is 19.7 Å². The van der Waals surface area contributed by atoms with Crippen LogP contribution in [0.5, 0.6) is 5.75 Å². The van der Waals surface area contributed by atoms with Crippen LogP contribution >= 0.6 is 0 Å². The summed E-state index contributed by atoms with van der Waals surface area (Å²) in [6, 6.07) is 23.0. The maximum atomic E-state index is 11.5. The zero-order chi connectivity index (χ0) is 23.6. The molecule has 0 aliphatic rings. The lowest BCUT2D eigenvalue weighted by Gasteiger charge is -2.14. The monoisotopic (exact) mass is 448 g/mol. The molecule has 3 rings (SSSR count). The van der Waals surface area contributed by atoms with Crippen LogP contribution in [-0.4, -0.2) is 61.4 Å². The summed E-state index contributed by atoms with van der Waals surface area (Å²) >= 11 is 0. The molecule has 0 spiro atoms. The first-order valence-electron chi connectivity index (χ1n) is 11.1. The fourth-order valence-corrected chi connectivity index (χ4v) is 3.46. The highest BCUT2D eigenvalue weighted by atomic mass is 16.5. The van der Waals surface area contributed by atoms with Crippen molar-refractivity contribution in [3.63, 3.8) is 0 Å². The smallest absolute Gasteiger partial charge is 0.339 e. The van der Waals surface area contributed by atoms with Crippen LogP contribution in [-0.2, 0) is 6.42 Å². The Kier molecular flexibility index (Phi) is 9.01. The van der Waals surface area contributed by atoms with Gasteiger partial charge in [-0.25, -0.2) is 4.79 Å². The van der Waals surface area contributed by atoms with Gasteiger partial charge in [-0.05, 0) is 61.4 Å². The molecule has 0 aliphatic heterocycles. The summed E-state index contributed by atoms with van der Waals surface area (Å²) in [5.41, 5.74) is 4.17. The molecule has 0 aromatic heterocycles. The van der Waals surface area contributed by atoms with Gasteiger partial charge < -0.3 is 25.2 Å². The third-order valence-corrected chi connectivity index (χ3v) is 5.41. The van der Waals surface area contributed by atoms with E-state index in [4.69, 9.17) is 4.74 Å². The summed E-state index contributed by atoms with van der Waals surface area (Å²) in [6.07, 6.45) is 0.329. The van der Waals surface area contributed by atoms with Crippen molar-refractivity contribution in [2.75, 3.05) is 40.3 Å². The van der Waals surface area contributed by atoms with E-state index in [1.165, 1.54) is 5.56 Å². The normalized spacial score (nSPS) is 12.0. The molecule has 0 bridgehead atoms. The first-order valence-corrected chi connectivity index (χ1v) is 11.1. The molecule has 3 aromatic rings. The van der Waals surface area contributed by atoms with E-state index in [0.29, 0.717) is 25.4 Å². The molecule has 6 nitrogen and oxygen atoms in total. The Morgan fingerprint density at radius 1 is 1.00 bits per heavy atom. The van der Waals surface area contributed by atoms with Crippen LogP contribution in [0.2, 0.25) is 0 Å². The first-order chi connectivity index (χ1) is 15.9. The Balaban J connectivity index is 1.57. The van der Waals surface area contributed by atoms with E-state index in [1.54, 1.807) is 12.1 Å². The number of aromatic carboxylic acids is 1. The summed E-state index contributed by atoms with van der Waals surface area (Å²) in [5.74, 6) is -0.617. The molecule has 3 N–H and O–H groups in total. The van der Waals surface area contributed by atoms with Crippen LogP contribution in [0, 0.1) is 0 Å². The zero-order valence-electron chi connectivity index (χ0n) is 19.2. The van der Waals surface area contributed by atoms with Gasteiger partial charge in [0.15, 0.2) is 0 Å². The molecular weight excluding hydrogens is 416 g/mol. The predicted octanol–water partition coefficient (Wildman–Crippen LogP) is 3.86. The summed E-state index contributed by atoms with van der Waals surface area (Å²) in [4.78, 5) is 13.5. The fourth-order valence-electron chi connectivity index (χ4n) is 3.46. The number of hydrogen-bond donors (Lipinski definition) is 3. The van der Waals surface area contributed by atoms with Crippen LogP contribution in [0.3, 0.4) is 0 Å². The van der Waals surface area contributed by atoms with E-state index in [0.717, 1.165) is 29.7 Å². The number of aliphatic hydroxyl groups excluding tert-OH is 1. The van der Waals surface area contributed by atoms with Gasteiger partial charge in [-0.2, -0.15) is 0 Å². The van der Waals surface area contributed by atoms with Crippen molar-refractivity contribution in [3.8, 4) is 16.9 Å². The van der Waals surface area contributed by atoms with Gasteiger partial charge >= 0.3 is 5.97 Å². The number of carboxylic acid groups (broad SMARTS) is 1. The maximum Gasteiger partial charge on any atom is 0.339 e. The van der Waals surface area contributed by atoms with Gasteiger partial charge in [0, 0.05) is 13.1 Å². The Bertz CT molecular complexity index is 1020. The molecule has 0 radical (unpaired) electrons. The minimum Gasteiger partial charge on any atom is -0.491 e. The average molecular weight is 449 g/mol. The highest BCUT2D eigenvalue weighted by molar-refractivity contribution is 5.92. The molecule has 0 fully saturated rings. The second-order valence-electron chi connectivity index (χ2n) is 8.25. The van der Waals surface area contributed by atoms with E-state index >= 15 is 0 Å². The van der Waals surface area contributed by atoms with Crippen LogP contribution in [0.25, 0.3) is 11.1 Å². The number of carboxylic acids is 1. The number of likely N-dealkylation sites (N-methyl/N-ethyl adjacent to an activating group) is 1. The molecule has 33 heavy (non-hydrogen) atoms. The van der Waals surface area contributed by atoms with Gasteiger partial charge in [-0.15, -0.1) is 0 Å². The Labute approximate surface area is 195 Å². The highest BCUT2D eigenvalue weighted by Gasteiger charge is 2.13. The van der Waals surface area contributed by atoms with E-state index in [1.807, 2.05) is 67.5 Å². The molecule has 1 atom stereocenters. The number of nitrogens with one attached hydrogen (secondary N) is 1. The number of benzene rings is 3. The van der Waals surface area contributed by atoms with E-state index < -0.39 is 12.1 Å². The van der Waals surface area contributed by atoms with Crippen LogP contribution in [0.1, 0.15) is 27.6 Å². The molecule has 174 valence electrons. The minimum absolute atomic E-state index is 0.165. The van der Waals surface area contributed by atoms with Crippen molar-refractivity contribution in [2.24, 2.45) is 0 Å². The van der Waals surface area contributed by atoms with Gasteiger partial charge in [-0.1, -0.05) is 60.7 Å². The van der Waals surface area contributed by atoms with E-state index in [2.05, 4.69) is 17.4 Å². The summed E-state index contributed by atoms with van der Waals surface area (Å²) < 4.78 is 5.76. The second-order valence-corrected chi connectivity index (χ2v) is 8.25. The van der Waals surface area contributed by atoms with Gasteiger partial charge in [0.25, 0.3) is 0 Å². The Morgan fingerprint density at radius 2 is 1.70 bits per heavy atom. The van der Waals surface area contributed by atoms with Crippen molar-refractivity contribution >= 4 is 5.97 Å². The van der Waals surface area contributed by atoms with Crippen molar-refractivity contribution in [1.29, 1.82) is 0 Å².